The third-order valence-electron chi connectivity index (χ3n) is 3.76. The minimum atomic E-state index is -0.318. The van der Waals surface area contributed by atoms with Gasteiger partial charge in [0.05, 0.1) is 18.8 Å². The molecule has 1 aromatic heterocycles. The first-order chi connectivity index (χ1) is 9.90. The highest BCUT2D eigenvalue weighted by molar-refractivity contribution is 7.18. The number of anilines is 2. The summed E-state index contributed by atoms with van der Waals surface area (Å²) in [6.45, 7) is 11.5. The van der Waals surface area contributed by atoms with E-state index in [2.05, 4.69) is 23.7 Å². The number of carbonyl (C=O) groups excluding carboxylic acids is 1. The Kier molecular flexibility index (Phi) is 4.73. The van der Waals surface area contributed by atoms with E-state index in [1.54, 1.807) is 0 Å². The number of rotatable bonds is 4. The van der Waals surface area contributed by atoms with Crippen molar-refractivity contribution in [2.45, 2.75) is 33.2 Å². The summed E-state index contributed by atoms with van der Waals surface area (Å²) in [7, 11) is 0. The summed E-state index contributed by atoms with van der Waals surface area (Å²) < 4.78 is 5.46. The predicted octanol–water partition coefficient (Wildman–Crippen LogP) is 1.82. The van der Waals surface area contributed by atoms with E-state index in [0.29, 0.717) is 30.5 Å². The van der Waals surface area contributed by atoms with Gasteiger partial charge in [0.15, 0.2) is 5.13 Å². The molecule has 0 unspecified atom stereocenters. The normalized spacial score (nSPS) is 17.8. The fourth-order valence-electron chi connectivity index (χ4n) is 2.46. The first kappa shape index (κ1) is 16.0. The summed E-state index contributed by atoms with van der Waals surface area (Å²) in [4.78, 5) is 21.6. The van der Waals surface area contributed by atoms with Crippen LogP contribution in [0, 0.1) is 0 Å². The van der Waals surface area contributed by atoms with E-state index in [1.807, 2.05) is 18.7 Å². The van der Waals surface area contributed by atoms with Gasteiger partial charge in [-0.15, -0.1) is 0 Å². The van der Waals surface area contributed by atoms with Crippen molar-refractivity contribution in [3.63, 3.8) is 0 Å². The fourth-order valence-corrected chi connectivity index (χ4v) is 3.52. The Balaban J connectivity index is 2.27. The minimum Gasteiger partial charge on any atom is -0.382 e. The average molecular weight is 312 g/mol. The van der Waals surface area contributed by atoms with Gasteiger partial charge in [0.2, 0.25) is 0 Å². The molecule has 0 aromatic carbocycles. The molecule has 1 saturated heterocycles. The van der Waals surface area contributed by atoms with Crippen LogP contribution in [0.2, 0.25) is 0 Å². The van der Waals surface area contributed by atoms with E-state index in [-0.39, 0.29) is 11.4 Å². The number of nitrogens with two attached hydrogens (primary N) is 1. The summed E-state index contributed by atoms with van der Waals surface area (Å²) in [5.41, 5.74) is 5.66. The van der Waals surface area contributed by atoms with Gasteiger partial charge in [-0.1, -0.05) is 11.3 Å². The van der Waals surface area contributed by atoms with Gasteiger partial charge in [-0.25, -0.2) is 4.98 Å². The Hall–Kier alpha value is -1.34. The summed E-state index contributed by atoms with van der Waals surface area (Å²) in [6.07, 6.45) is 0. The number of hydrogen-bond acceptors (Lipinski definition) is 6. The molecule has 1 amide bonds. The third kappa shape index (κ3) is 3.13. The number of carbonyl (C=O) groups is 1. The van der Waals surface area contributed by atoms with Gasteiger partial charge in [0.25, 0.3) is 5.91 Å². The van der Waals surface area contributed by atoms with Crippen LogP contribution in [0.15, 0.2) is 0 Å². The molecule has 2 N–H and O–H groups in total. The lowest BCUT2D eigenvalue weighted by molar-refractivity contribution is -0.0368. The van der Waals surface area contributed by atoms with Gasteiger partial charge >= 0.3 is 0 Å². The lowest BCUT2D eigenvalue weighted by Gasteiger charge is -2.41. The molecule has 0 aliphatic carbocycles. The Bertz CT molecular complexity index is 511. The SMILES string of the molecule is CCN(CC)c1nc(N)c(C(=O)N2CCOCC2(C)C)s1. The van der Waals surface area contributed by atoms with E-state index in [9.17, 15) is 4.79 Å². The Labute approximate surface area is 129 Å². The number of morpholine rings is 1. The van der Waals surface area contributed by atoms with Gasteiger partial charge in [0, 0.05) is 19.6 Å². The van der Waals surface area contributed by atoms with Crippen molar-refractivity contribution < 1.29 is 9.53 Å². The zero-order valence-corrected chi connectivity index (χ0v) is 14.0. The number of ether oxygens (including phenoxy) is 1. The monoisotopic (exact) mass is 312 g/mol. The van der Waals surface area contributed by atoms with E-state index in [1.165, 1.54) is 11.3 Å². The number of aromatic nitrogens is 1. The zero-order chi connectivity index (χ0) is 15.6. The van der Waals surface area contributed by atoms with E-state index < -0.39 is 0 Å². The summed E-state index contributed by atoms with van der Waals surface area (Å²) in [5, 5.41) is 0.812. The minimum absolute atomic E-state index is 0.0447. The van der Waals surface area contributed by atoms with Crippen LogP contribution in [0.4, 0.5) is 10.9 Å². The Morgan fingerprint density at radius 1 is 1.48 bits per heavy atom. The van der Waals surface area contributed by atoms with Crippen LogP contribution in [-0.4, -0.2) is 54.2 Å². The average Bonchev–Trinajstić information content (AvgIpc) is 2.81. The van der Waals surface area contributed by atoms with Crippen LogP contribution < -0.4 is 10.6 Å². The molecular formula is C14H24N4O2S. The molecular weight excluding hydrogens is 288 g/mol. The lowest BCUT2D eigenvalue weighted by Crippen LogP contribution is -2.55. The van der Waals surface area contributed by atoms with Crippen molar-refractivity contribution in [3.8, 4) is 0 Å². The maximum atomic E-state index is 12.8. The molecule has 7 heteroatoms. The topological polar surface area (TPSA) is 71.7 Å². The second kappa shape index (κ2) is 6.19. The molecule has 1 aliphatic rings. The largest absolute Gasteiger partial charge is 0.382 e. The first-order valence-electron chi connectivity index (χ1n) is 7.31. The van der Waals surface area contributed by atoms with Crippen LogP contribution in [0.5, 0.6) is 0 Å². The number of amides is 1. The molecule has 21 heavy (non-hydrogen) atoms. The molecule has 0 atom stereocenters. The molecule has 0 bridgehead atoms. The molecule has 1 fully saturated rings. The number of hydrogen-bond donors (Lipinski definition) is 1. The smallest absolute Gasteiger partial charge is 0.268 e. The maximum absolute atomic E-state index is 12.8. The molecule has 6 nitrogen and oxygen atoms in total. The predicted molar refractivity (Wildman–Crippen MR) is 86.0 cm³/mol. The molecule has 1 aromatic rings. The molecule has 1 aliphatic heterocycles. The van der Waals surface area contributed by atoms with Gasteiger partial charge in [-0.3, -0.25) is 4.79 Å². The molecule has 0 saturated carbocycles. The van der Waals surface area contributed by atoms with Crippen molar-refractivity contribution in [3.05, 3.63) is 4.88 Å². The Morgan fingerprint density at radius 2 is 2.14 bits per heavy atom. The quantitative estimate of drug-likeness (QED) is 0.918. The summed E-state index contributed by atoms with van der Waals surface area (Å²) in [5.74, 6) is 0.283. The van der Waals surface area contributed by atoms with Crippen LogP contribution >= 0.6 is 11.3 Å². The van der Waals surface area contributed by atoms with Gasteiger partial charge in [-0.05, 0) is 27.7 Å². The number of nitrogen functional groups attached to an aromatic ring is 1. The summed E-state index contributed by atoms with van der Waals surface area (Å²) >= 11 is 1.38. The van der Waals surface area contributed by atoms with Crippen molar-refractivity contribution in [1.29, 1.82) is 0 Å². The lowest BCUT2D eigenvalue weighted by atomic mass is 10.0. The zero-order valence-electron chi connectivity index (χ0n) is 13.2. The van der Waals surface area contributed by atoms with Crippen LogP contribution in [0.25, 0.3) is 0 Å². The van der Waals surface area contributed by atoms with Gasteiger partial charge in [-0.2, -0.15) is 0 Å². The summed E-state index contributed by atoms with van der Waals surface area (Å²) in [6, 6.07) is 0. The van der Waals surface area contributed by atoms with Gasteiger partial charge < -0.3 is 20.3 Å². The third-order valence-corrected chi connectivity index (χ3v) is 4.88. The van der Waals surface area contributed by atoms with E-state index in [4.69, 9.17) is 10.5 Å². The number of thiazole rings is 1. The van der Waals surface area contributed by atoms with Crippen LogP contribution in [0.3, 0.4) is 0 Å². The molecule has 0 spiro atoms. The van der Waals surface area contributed by atoms with E-state index in [0.717, 1.165) is 18.2 Å². The highest BCUT2D eigenvalue weighted by atomic mass is 32.1. The fraction of sp³-hybridized carbons (Fsp3) is 0.714. The van der Waals surface area contributed by atoms with Gasteiger partial charge in [0.1, 0.15) is 10.7 Å². The molecule has 118 valence electrons. The van der Waals surface area contributed by atoms with Crippen molar-refractivity contribution in [2.24, 2.45) is 0 Å². The highest BCUT2D eigenvalue weighted by Crippen LogP contribution is 2.31. The maximum Gasteiger partial charge on any atom is 0.268 e. The second-order valence-corrected chi connectivity index (χ2v) is 6.68. The van der Waals surface area contributed by atoms with Crippen molar-refractivity contribution in [1.82, 2.24) is 9.88 Å². The molecule has 0 radical (unpaired) electrons. The van der Waals surface area contributed by atoms with Crippen molar-refractivity contribution >= 4 is 28.2 Å². The van der Waals surface area contributed by atoms with E-state index >= 15 is 0 Å². The van der Waals surface area contributed by atoms with Crippen LogP contribution in [-0.2, 0) is 4.74 Å². The first-order valence-corrected chi connectivity index (χ1v) is 8.13. The molecule has 2 heterocycles. The second-order valence-electron chi connectivity index (χ2n) is 5.70. The van der Waals surface area contributed by atoms with Crippen LogP contribution in [0.1, 0.15) is 37.4 Å². The molecule has 2 rings (SSSR count). The standard InChI is InChI=1S/C14H24N4O2S/c1-5-17(6-2)13-16-11(15)10(21-13)12(19)18-7-8-20-9-14(18,3)4/h5-9,15H2,1-4H3. The highest BCUT2D eigenvalue weighted by Gasteiger charge is 2.36. The number of nitrogens with zero attached hydrogens (tertiary/aromatic N) is 3. The Morgan fingerprint density at radius 3 is 2.71 bits per heavy atom. The van der Waals surface area contributed by atoms with Crippen molar-refractivity contribution in [2.75, 3.05) is 43.5 Å².